The molecule has 9 heteroatoms. The van der Waals surface area contributed by atoms with Crippen molar-refractivity contribution in [2.45, 2.75) is 25.1 Å². The molecule has 0 aromatic carbocycles. The van der Waals surface area contributed by atoms with Gasteiger partial charge in [-0.3, -0.25) is 4.79 Å². The van der Waals surface area contributed by atoms with Crippen LogP contribution in [0, 0.1) is 0 Å². The third kappa shape index (κ3) is 6.09. The Morgan fingerprint density at radius 1 is 1.30 bits per heavy atom. The van der Waals surface area contributed by atoms with Crippen molar-refractivity contribution in [1.82, 2.24) is 10.2 Å². The van der Waals surface area contributed by atoms with Crippen molar-refractivity contribution >= 4 is 12.0 Å². The van der Waals surface area contributed by atoms with E-state index < -0.39 is 31.4 Å². The average Bonchev–Trinajstić information content (AvgIpc) is 2.37. The van der Waals surface area contributed by atoms with Crippen molar-refractivity contribution in [3.63, 3.8) is 0 Å². The molecule has 1 N–H and O–H groups in total. The van der Waals surface area contributed by atoms with Crippen LogP contribution in [0.5, 0.6) is 0 Å². The minimum Gasteiger partial charge on any atom is -0.453 e. The van der Waals surface area contributed by atoms with Crippen LogP contribution in [-0.4, -0.2) is 62.5 Å². The second-order valence-corrected chi connectivity index (χ2v) is 4.41. The summed E-state index contributed by atoms with van der Waals surface area (Å²) in [6.07, 6.45) is -3.81. The van der Waals surface area contributed by atoms with Gasteiger partial charge in [-0.2, -0.15) is 13.2 Å². The van der Waals surface area contributed by atoms with Gasteiger partial charge in [-0.05, 0) is 12.8 Å². The number of amides is 2. The molecule has 2 amide bonds. The van der Waals surface area contributed by atoms with Crippen molar-refractivity contribution in [2.75, 3.05) is 33.4 Å². The fourth-order valence-corrected chi connectivity index (χ4v) is 1.86. The van der Waals surface area contributed by atoms with E-state index in [0.29, 0.717) is 25.9 Å². The molecule has 0 radical (unpaired) electrons. The molecular weight excluding hydrogens is 281 g/mol. The topological polar surface area (TPSA) is 67.9 Å². The van der Waals surface area contributed by atoms with Gasteiger partial charge in [-0.15, -0.1) is 0 Å². The Hall–Kier alpha value is -1.51. The van der Waals surface area contributed by atoms with E-state index in [4.69, 9.17) is 0 Å². The molecule has 1 rings (SSSR count). The molecule has 0 spiro atoms. The summed E-state index contributed by atoms with van der Waals surface area (Å²) in [7, 11) is 1.29. The summed E-state index contributed by atoms with van der Waals surface area (Å²) in [4.78, 5) is 24.1. The number of carbonyl (C=O) groups is 2. The first-order valence-corrected chi connectivity index (χ1v) is 6.08. The van der Waals surface area contributed by atoms with Crippen LogP contribution in [0.15, 0.2) is 0 Å². The van der Waals surface area contributed by atoms with Gasteiger partial charge in [0, 0.05) is 19.1 Å². The zero-order valence-corrected chi connectivity index (χ0v) is 11.0. The molecule has 20 heavy (non-hydrogen) atoms. The maximum atomic E-state index is 11.8. The molecule has 116 valence electrons. The van der Waals surface area contributed by atoms with E-state index in [0.717, 1.165) is 0 Å². The molecule has 0 bridgehead atoms. The van der Waals surface area contributed by atoms with Crippen molar-refractivity contribution in [1.29, 1.82) is 0 Å². The largest absolute Gasteiger partial charge is 0.453 e. The second kappa shape index (κ2) is 7.32. The standard InChI is InChI=1S/C11H17F3N2O4/c1-19-10(18)16-4-2-8(3-5-16)15-9(17)6-20-7-11(12,13)14/h8H,2-7H2,1H3,(H,15,17). The third-order valence-corrected chi connectivity index (χ3v) is 2.79. The number of nitrogens with one attached hydrogen (secondary N) is 1. The molecule has 1 fully saturated rings. The van der Waals surface area contributed by atoms with Crippen LogP contribution in [0.25, 0.3) is 0 Å². The summed E-state index contributed by atoms with van der Waals surface area (Å²) < 4.78 is 44.3. The molecule has 1 aliphatic heterocycles. The zero-order valence-electron chi connectivity index (χ0n) is 11.0. The molecule has 0 aliphatic carbocycles. The Morgan fingerprint density at radius 2 is 1.90 bits per heavy atom. The van der Waals surface area contributed by atoms with E-state index >= 15 is 0 Å². The highest BCUT2D eigenvalue weighted by Gasteiger charge is 2.28. The molecule has 0 unspecified atom stereocenters. The lowest BCUT2D eigenvalue weighted by Gasteiger charge is -2.31. The number of nitrogens with zero attached hydrogens (tertiary/aromatic N) is 1. The Labute approximate surface area is 114 Å². The third-order valence-electron chi connectivity index (χ3n) is 2.79. The number of piperidine rings is 1. The Kier molecular flexibility index (Phi) is 6.05. The van der Waals surface area contributed by atoms with Gasteiger partial charge in [-0.1, -0.05) is 0 Å². The average molecular weight is 298 g/mol. The summed E-state index contributed by atoms with van der Waals surface area (Å²) in [6.45, 7) is -1.21. The number of alkyl halides is 3. The Bertz CT molecular complexity index is 341. The lowest BCUT2D eigenvalue weighted by molar-refractivity contribution is -0.175. The fraction of sp³-hybridized carbons (Fsp3) is 0.818. The van der Waals surface area contributed by atoms with Crippen LogP contribution in [-0.2, 0) is 14.3 Å². The molecule has 1 heterocycles. The summed E-state index contributed by atoms with van der Waals surface area (Å²) in [6, 6.07) is -0.169. The molecule has 0 aromatic rings. The monoisotopic (exact) mass is 298 g/mol. The Morgan fingerprint density at radius 3 is 2.40 bits per heavy atom. The van der Waals surface area contributed by atoms with Gasteiger partial charge in [0.15, 0.2) is 0 Å². The van der Waals surface area contributed by atoms with E-state index in [1.54, 1.807) is 0 Å². The van der Waals surface area contributed by atoms with Gasteiger partial charge in [-0.25, -0.2) is 4.79 Å². The van der Waals surface area contributed by atoms with Crippen LogP contribution in [0.2, 0.25) is 0 Å². The Balaban J connectivity index is 2.20. The summed E-state index contributed by atoms with van der Waals surface area (Å²) in [5.74, 6) is -0.592. The molecule has 1 saturated heterocycles. The number of rotatable bonds is 4. The van der Waals surface area contributed by atoms with Crippen molar-refractivity contribution in [3.8, 4) is 0 Å². The lowest BCUT2D eigenvalue weighted by atomic mass is 10.1. The van der Waals surface area contributed by atoms with E-state index in [1.807, 2.05) is 0 Å². The highest BCUT2D eigenvalue weighted by molar-refractivity contribution is 5.77. The first-order valence-electron chi connectivity index (χ1n) is 6.08. The predicted molar refractivity (Wildman–Crippen MR) is 62.0 cm³/mol. The van der Waals surface area contributed by atoms with Gasteiger partial charge in [0.25, 0.3) is 0 Å². The summed E-state index contributed by atoms with van der Waals surface area (Å²) in [5, 5.41) is 2.57. The maximum Gasteiger partial charge on any atom is 0.411 e. The summed E-state index contributed by atoms with van der Waals surface area (Å²) >= 11 is 0. The molecule has 6 nitrogen and oxygen atoms in total. The number of hydrogen-bond donors (Lipinski definition) is 1. The van der Waals surface area contributed by atoms with Crippen molar-refractivity contribution in [3.05, 3.63) is 0 Å². The highest BCUT2D eigenvalue weighted by atomic mass is 19.4. The van der Waals surface area contributed by atoms with Crippen LogP contribution in [0.3, 0.4) is 0 Å². The van der Waals surface area contributed by atoms with Gasteiger partial charge < -0.3 is 19.7 Å². The van der Waals surface area contributed by atoms with E-state index in [1.165, 1.54) is 12.0 Å². The summed E-state index contributed by atoms with van der Waals surface area (Å²) in [5.41, 5.74) is 0. The highest BCUT2D eigenvalue weighted by Crippen LogP contribution is 2.14. The van der Waals surface area contributed by atoms with Crippen LogP contribution >= 0.6 is 0 Å². The van der Waals surface area contributed by atoms with Gasteiger partial charge >= 0.3 is 12.3 Å². The fourth-order valence-electron chi connectivity index (χ4n) is 1.86. The molecule has 1 aliphatic rings. The van der Waals surface area contributed by atoms with Crippen LogP contribution < -0.4 is 5.32 Å². The van der Waals surface area contributed by atoms with Crippen LogP contribution in [0.1, 0.15) is 12.8 Å². The number of halogens is 3. The van der Waals surface area contributed by atoms with Gasteiger partial charge in [0.2, 0.25) is 5.91 Å². The number of carbonyl (C=O) groups excluding carboxylic acids is 2. The quantitative estimate of drug-likeness (QED) is 0.838. The minimum absolute atomic E-state index is 0.169. The first kappa shape index (κ1) is 16.5. The van der Waals surface area contributed by atoms with E-state index in [9.17, 15) is 22.8 Å². The molecule has 0 atom stereocenters. The molecular formula is C11H17F3N2O4. The number of ether oxygens (including phenoxy) is 2. The van der Waals surface area contributed by atoms with Crippen molar-refractivity contribution < 1.29 is 32.2 Å². The zero-order chi connectivity index (χ0) is 15.2. The minimum atomic E-state index is -4.44. The number of hydrogen-bond acceptors (Lipinski definition) is 4. The predicted octanol–water partition coefficient (Wildman–Crippen LogP) is 0.912. The van der Waals surface area contributed by atoms with E-state index in [2.05, 4.69) is 14.8 Å². The van der Waals surface area contributed by atoms with Gasteiger partial charge in [0.05, 0.1) is 7.11 Å². The molecule has 0 aromatic heterocycles. The smallest absolute Gasteiger partial charge is 0.411 e. The normalized spacial score (nSPS) is 16.9. The lowest BCUT2D eigenvalue weighted by Crippen LogP contribution is -2.47. The van der Waals surface area contributed by atoms with Gasteiger partial charge in [0.1, 0.15) is 13.2 Å². The number of methoxy groups -OCH3 is 1. The van der Waals surface area contributed by atoms with Crippen LogP contribution in [0.4, 0.5) is 18.0 Å². The van der Waals surface area contributed by atoms with Crippen molar-refractivity contribution in [2.24, 2.45) is 0 Å². The maximum absolute atomic E-state index is 11.8. The second-order valence-electron chi connectivity index (χ2n) is 4.41. The SMILES string of the molecule is COC(=O)N1CCC(NC(=O)COCC(F)(F)F)CC1. The number of likely N-dealkylation sites (tertiary alicyclic amines) is 1. The first-order chi connectivity index (χ1) is 9.31. The molecule has 0 saturated carbocycles. The van der Waals surface area contributed by atoms with E-state index in [-0.39, 0.29) is 6.04 Å².